The molecular weight excluding hydrogens is 339 g/mol. The monoisotopic (exact) mass is 349 g/mol. The van der Waals surface area contributed by atoms with Crippen LogP contribution in [0.2, 0.25) is 0 Å². The zero-order chi connectivity index (χ0) is 17.6. The molecule has 25 heavy (non-hydrogen) atoms. The third kappa shape index (κ3) is 2.79. The lowest BCUT2D eigenvalue weighted by Gasteiger charge is -2.12. The molecule has 4 rings (SSSR count). The lowest BCUT2D eigenvalue weighted by Crippen LogP contribution is -2.18. The van der Waals surface area contributed by atoms with E-state index < -0.39 is 23.2 Å². The average molecular weight is 349 g/mol. The van der Waals surface area contributed by atoms with Crippen molar-refractivity contribution in [1.82, 2.24) is 24.9 Å². The lowest BCUT2D eigenvalue weighted by atomic mass is 10.0. The first-order valence-electron chi connectivity index (χ1n) is 7.37. The zero-order valence-electron chi connectivity index (χ0n) is 12.6. The van der Waals surface area contributed by atoms with E-state index in [0.717, 1.165) is 29.8 Å². The van der Waals surface area contributed by atoms with Crippen molar-refractivity contribution in [2.75, 3.05) is 0 Å². The van der Waals surface area contributed by atoms with Gasteiger partial charge >= 0.3 is 6.18 Å². The van der Waals surface area contributed by atoms with Crippen molar-refractivity contribution in [3.63, 3.8) is 0 Å². The molecule has 0 bridgehead atoms. The Morgan fingerprint density at radius 2 is 2.04 bits per heavy atom. The Balaban J connectivity index is 1.80. The molecule has 0 aromatic carbocycles. The van der Waals surface area contributed by atoms with Crippen LogP contribution in [0.4, 0.5) is 13.2 Å². The molecular formula is C15H10F3N5O2. The summed E-state index contributed by atoms with van der Waals surface area (Å²) in [6.07, 6.45) is 0.387. The molecule has 0 aliphatic heterocycles. The molecule has 128 valence electrons. The number of hydrogen-bond acceptors (Lipinski definition) is 6. The number of pyridine rings is 1. The second kappa shape index (κ2) is 5.50. The average Bonchev–Trinajstić information content (AvgIpc) is 3.10. The van der Waals surface area contributed by atoms with Crippen LogP contribution in [0, 0.1) is 0 Å². The first-order valence-corrected chi connectivity index (χ1v) is 7.37. The SMILES string of the molecule is O=C(c1ccc(-n2cncn2)nc1C(F)(F)F)c1cnoc1C1CC1. The molecule has 3 aromatic rings. The Morgan fingerprint density at radius 1 is 1.24 bits per heavy atom. The molecule has 1 aliphatic carbocycles. The van der Waals surface area contributed by atoms with Gasteiger partial charge in [0.15, 0.2) is 23.1 Å². The number of ketones is 1. The van der Waals surface area contributed by atoms with Gasteiger partial charge in [0.05, 0.1) is 17.3 Å². The fraction of sp³-hybridized carbons (Fsp3) is 0.267. The van der Waals surface area contributed by atoms with E-state index in [9.17, 15) is 18.0 Å². The predicted molar refractivity (Wildman–Crippen MR) is 76.1 cm³/mol. The minimum absolute atomic E-state index is 0.0400. The fourth-order valence-electron chi connectivity index (χ4n) is 2.51. The summed E-state index contributed by atoms with van der Waals surface area (Å²) in [5.41, 5.74) is -1.79. The number of nitrogens with zero attached hydrogens (tertiary/aromatic N) is 5. The van der Waals surface area contributed by atoms with Crippen LogP contribution in [-0.4, -0.2) is 30.7 Å². The van der Waals surface area contributed by atoms with Crippen molar-refractivity contribution in [3.05, 3.63) is 53.6 Å². The van der Waals surface area contributed by atoms with Crippen molar-refractivity contribution in [2.24, 2.45) is 0 Å². The quantitative estimate of drug-likeness (QED) is 0.673. The van der Waals surface area contributed by atoms with Gasteiger partial charge in [-0.25, -0.2) is 14.6 Å². The first kappa shape index (κ1) is 15.5. The summed E-state index contributed by atoms with van der Waals surface area (Å²) in [6.45, 7) is 0. The second-order valence-corrected chi connectivity index (χ2v) is 5.61. The van der Waals surface area contributed by atoms with Gasteiger partial charge in [0.25, 0.3) is 0 Å². The number of hydrogen-bond donors (Lipinski definition) is 0. The Hall–Kier alpha value is -3.04. The standard InChI is InChI=1S/C15H10F3N5O2/c16-15(17,18)14-9(3-4-11(22-14)23-7-19-6-20-23)12(24)10-5-21-25-13(10)8-1-2-8/h3-8H,1-2H2. The van der Waals surface area contributed by atoms with Gasteiger partial charge in [-0.2, -0.15) is 18.3 Å². The summed E-state index contributed by atoms with van der Waals surface area (Å²) in [5, 5.41) is 7.31. The van der Waals surface area contributed by atoms with E-state index >= 15 is 0 Å². The Bertz CT molecular complexity index is 929. The minimum atomic E-state index is -4.81. The van der Waals surface area contributed by atoms with Crippen LogP contribution in [0.3, 0.4) is 0 Å². The molecule has 0 saturated heterocycles. The highest BCUT2D eigenvalue weighted by molar-refractivity contribution is 6.10. The summed E-state index contributed by atoms with van der Waals surface area (Å²) < 4.78 is 46.5. The van der Waals surface area contributed by atoms with Crippen LogP contribution in [0.25, 0.3) is 5.82 Å². The van der Waals surface area contributed by atoms with E-state index in [1.165, 1.54) is 18.7 Å². The van der Waals surface area contributed by atoms with Gasteiger partial charge < -0.3 is 4.52 Å². The normalized spacial score (nSPS) is 14.7. The van der Waals surface area contributed by atoms with Gasteiger partial charge in [-0.15, -0.1) is 0 Å². The van der Waals surface area contributed by atoms with E-state index in [1.807, 2.05) is 0 Å². The van der Waals surface area contributed by atoms with Crippen molar-refractivity contribution < 1.29 is 22.5 Å². The van der Waals surface area contributed by atoms with Crippen molar-refractivity contribution in [2.45, 2.75) is 24.9 Å². The Labute approximate surface area is 138 Å². The van der Waals surface area contributed by atoms with Crippen molar-refractivity contribution in [3.8, 4) is 5.82 Å². The summed E-state index contributed by atoms with van der Waals surface area (Å²) >= 11 is 0. The molecule has 0 unspecified atom stereocenters. The number of carbonyl (C=O) groups excluding carboxylic acids is 1. The van der Waals surface area contributed by atoms with Crippen LogP contribution >= 0.6 is 0 Å². The minimum Gasteiger partial charge on any atom is -0.360 e. The van der Waals surface area contributed by atoms with Crippen LogP contribution in [0.5, 0.6) is 0 Å². The maximum atomic E-state index is 13.4. The fourth-order valence-corrected chi connectivity index (χ4v) is 2.51. The Morgan fingerprint density at radius 3 is 2.68 bits per heavy atom. The van der Waals surface area contributed by atoms with Crippen LogP contribution < -0.4 is 0 Å². The second-order valence-electron chi connectivity index (χ2n) is 5.61. The highest BCUT2D eigenvalue weighted by Gasteiger charge is 2.40. The third-order valence-corrected chi connectivity index (χ3v) is 3.84. The smallest absolute Gasteiger partial charge is 0.360 e. The van der Waals surface area contributed by atoms with Crippen molar-refractivity contribution in [1.29, 1.82) is 0 Å². The molecule has 7 nitrogen and oxygen atoms in total. The molecule has 0 atom stereocenters. The molecule has 3 heterocycles. The molecule has 0 spiro atoms. The summed E-state index contributed by atoms with van der Waals surface area (Å²) in [5.74, 6) is -0.529. The van der Waals surface area contributed by atoms with E-state index in [4.69, 9.17) is 4.52 Å². The van der Waals surface area contributed by atoms with Gasteiger partial charge in [0.1, 0.15) is 12.7 Å². The topological polar surface area (TPSA) is 86.7 Å². The van der Waals surface area contributed by atoms with E-state index in [2.05, 4.69) is 20.2 Å². The van der Waals surface area contributed by atoms with E-state index in [0.29, 0.717) is 5.76 Å². The number of rotatable bonds is 4. The number of aromatic nitrogens is 5. The zero-order valence-corrected chi connectivity index (χ0v) is 12.6. The number of alkyl halides is 3. The molecule has 1 aliphatic rings. The predicted octanol–water partition coefficient (Wildman–Crippen LogP) is 2.78. The summed E-state index contributed by atoms with van der Waals surface area (Å²) in [7, 11) is 0. The van der Waals surface area contributed by atoms with Gasteiger partial charge in [-0.3, -0.25) is 4.79 Å². The molecule has 0 N–H and O–H groups in total. The molecule has 10 heteroatoms. The van der Waals surface area contributed by atoms with Gasteiger partial charge in [-0.1, -0.05) is 5.16 Å². The number of carbonyl (C=O) groups is 1. The molecule has 1 fully saturated rings. The maximum absolute atomic E-state index is 13.4. The van der Waals surface area contributed by atoms with Crippen LogP contribution in [-0.2, 0) is 6.18 Å². The first-order chi connectivity index (χ1) is 11.9. The lowest BCUT2D eigenvalue weighted by molar-refractivity contribution is -0.141. The van der Waals surface area contributed by atoms with E-state index in [-0.39, 0.29) is 17.3 Å². The molecule has 3 aromatic heterocycles. The van der Waals surface area contributed by atoms with Crippen LogP contribution in [0.15, 0.2) is 35.5 Å². The highest BCUT2D eigenvalue weighted by atomic mass is 19.4. The maximum Gasteiger partial charge on any atom is 0.434 e. The summed E-state index contributed by atoms with van der Waals surface area (Å²) in [4.78, 5) is 19.9. The van der Waals surface area contributed by atoms with Gasteiger partial charge in [-0.05, 0) is 25.0 Å². The molecule has 0 amide bonds. The molecule has 1 saturated carbocycles. The Kier molecular flexibility index (Phi) is 3.41. The van der Waals surface area contributed by atoms with E-state index in [1.54, 1.807) is 0 Å². The summed E-state index contributed by atoms with van der Waals surface area (Å²) in [6, 6.07) is 2.36. The van der Waals surface area contributed by atoms with Gasteiger partial charge in [0.2, 0.25) is 0 Å². The van der Waals surface area contributed by atoms with Crippen LogP contribution in [0.1, 0.15) is 46.1 Å². The van der Waals surface area contributed by atoms with Gasteiger partial charge in [0, 0.05) is 5.92 Å². The molecule has 0 radical (unpaired) electrons. The third-order valence-electron chi connectivity index (χ3n) is 3.84. The number of halogens is 3. The van der Waals surface area contributed by atoms with Crippen molar-refractivity contribution >= 4 is 5.78 Å². The largest absolute Gasteiger partial charge is 0.434 e. The highest BCUT2D eigenvalue weighted by Crippen LogP contribution is 2.42.